The topological polar surface area (TPSA) is 78.3 Å². The Hall–Kier alpha value is -1.83. The van der Waals surface area contributed by atoms with E-state index in [0.29, 0.717) is 16.6 Å². The highest BCUT2D eigenvalue weighted by Crippen LogP contribution is 2.24. The van der Waals surface area contributed by atoms with E-state index < -0.39 is 5.97 Å². The van der Waals surface area contributed by atoms with Crippen LogP contribution in [-0.2, 0) is 17.9 Å². The number of hydrogen-bond donors (Lipinski definition) is 1. The molecule has 0 aliphatic carbocycles. The van der Waals surface area contributed by atoms with Gasteiger partial charge in [-0.2, -0.15) is 0 Å². The maximum absolute atomic E-state index is 11.8. The summed E-state index contributed by atoms with van der Waals surface area (Å²) in [6.07, 6.45) is 0. The Morgan fingerprint density at radius 2 is 2.12 bits per heavy atom. The molecular formula is C15H20Cl2N4O3. The van der Waals surface area contributed by atoms with Gasteiger partial charge in [0.15, 0.2) is 5.82 Å². The summed E-state index contributed by atoms with van der Waals surface area (Å²) in [4.78, 5) is 11.8. The minimum atomic E-state index is -0.504. The number of nitrogens with one attached hydrogen (secondary N) is 1. The van der Waals surface area contributed by atoms with E-state index in [0.717, 1.165) is 18.9 Å². The molecule has 0 aliphatic rings. The predicted octanol–water partition coefficient (Wildman–Crippen LogP) is 2.25. The zero-order valence-corrected chi connectivity index (χ0v) is 15.3. The van der Waals surface area contributed by atoms with E-state index in [4.69, 9.17) is 21.1 Å². The van der Waals surface area contributed by atoms with Crippen molar-refractivity contribution in [3.05, 3.63) is 40.4 Å². The molecule has 0 unspecified atom stereocenters. The standard InChI is InChI=1S/C15H19ClN4O3.ClH/c1-10-18-19-14(20(10)7-6-17-2)9-23-13-5-4-11(16)8-12(13)15(21)22-3;/h4-5,8,17H,6-7,9H2,1-3H3;1H. The van der Waals surface area contributed by atoms with Gasteiger partial charge in [0.05, 0.1) is 7.11 Å². The number of aromatic nitrogens is 3. The van der Waals surface area contributed by atoms with Gasteiger partial charge in [-0.1, -0.05) is 11.6 Å². The second-order valence-electron chi connectivity index (χ2n) is 4.84. The summed E-state index contributed by atoms with van der Waals surface area (Å²) >= 11 is 5.92. The summed E-state index contributed by atoms with van der Waals surface area (Å²) in [6, 6.07) is 4.80. The molecule has 0 amide bonds. The molecule has 132 valence electrons. The molecular weight excluding hydrogens is 355 g/mol. The fourth-order valence-corrected chi connectivity index (χ4v) is 2.26. The number of esters is 1. The molecule has 0 saturated carbocycles. The fourth-order valence-electron chi connectivity index (χ4n) is 2.09. The highest BCUT2D eigenvalue weighted by Gasteiger charge is 2.15. The number of nitrogens with zero attached hydrogens (tertiary/aromatic N) is 3. The van der Waals surface area contributed by atoms with Crippen LogP contribution in [0.1, 0.15) is 22.0 Å². The van der Waals surface area contributed by atoms with Crippen LogP contribution in [0.3, 0.4) is 0 Å². The van der Waals surface area contributed by atoms with Gasteiger partial charge in [-0.3, -0.25) is 0 Å². The molecule has 24 heavy (non-hydrogen) atoms. The number of halogens is 2. The quantitative estimate of drug-likeness (QED) is 0.748. The third-order valence-corrected chi connectivity index (χ3v) is 3.54. The first kappa shape index (κ1) is 20.2. The second-order valence-corrected chi connectivity index (χ2v) is 5.28. The Morgan fingerprint density at radius 3 is 2.79 bits per heavy atom. The lowest BCUT2D eigenvalue weighted by molar-refractivity contribution is 0.0595. The van der Waals surface area contributed by atoms with Gasteiger partial charge in [-0.05, 0) is 32.2 Å². The van der Waals surface area contributed by atoms with E-state index >= 15 is 0 Å². The number of likely N-dealkylation sites (N-methyl/N-ethyl adjacent to an activating group) is 1. The van der Waals surface area contributed by atoms with Gasteiger partial charge in [0.1, 0.15) is 23.7 Å². The summed E-state index contributed by atoms with van der Waals surface area (Å²) in [5.41, 5.74) is 0.276. The minimum Gasteiger partial charge on any atom is -0.485 e. The molecule has 0 fully saturated rings. The van der Waals surface area contributed by atoms with E-state index in [1.807, 2.05) is 18.5 Å². The first-order valence-corrected chi connectivity index (χ1v) is 7.48. The minimum absolute atomic E-state index is 0. The smallest absolute Gasteiger partial charge is 0.341 e. The Bertz CT molecular complexity index is 691. The van der Waals surface area contributed by atoms with Crippen LogP contribution in [0.15, 0.2) is 18.2 Å². The van der Waals surface area contributed by atoms with Crippen LogP contribution in [0, 0.1) is 6.92 Å². The number of aryl methyl sites for hydroxylation is 1. The highest BCUT2D eigenvalue weighted by atomic mass is 35.5. The summed E-state index contributed by atoms with van der Waals surface area (Å²) in [7, 11) is 3.19. The number of methoxy groups -OCH3 is 1. The molecule has 0 atom stereocenters. The van der Waals surface area contributed by atoms with E-state index in [1.165, 1.54) is 13.2 Å². The zero-order valence-electron chi connectivity index (χ0n) is 13.7. The molecule has 1 heterocycles. The summed E-state index contributed by atoms with van der Waals surface area (Å²) < 4.78 is 12.4. The fraction of sp³-hybridized carbons (Fsp3) is 0.400. The lowest BCUT2D eigenvalue weighted by atomic mass is 10.2. The third kappa shape index (κ3) is 4.83. The molecule has 0 spiro atoms. The normalized spacial score (nSPS) is 10.2. The van der Waals surface area contributed by atoms with Gasteiger partial charge in [-0.25, -0.2) is 4.79 Å². The van der Waals surface area contributed by atoms with E-state index in [9.17, 15) is 4.79 Å². The van der Waals surface area contributed by atoms with Crippen molar-refractivity contribution in [2.45, 2.75) is 20.1 Å². The molecule has 0 bridgehead atoms. The van der Waals surface area contributed by atoms with Crippen LogP contribution < -0.4 is 10.1 Å². The van der Waals surface area contributed by atoms with Crippen LogP contribution in [0.2, 0.25) is 5.02 Å². The van der Waals surface area contributed by atoms with Gasteiger partial charge in [-0.15, -0.1) is 22.6 Å². The van der Waals surface area contributed by atoms with Gasteiger partial charge < -0.3 is 19.4 Å². The molecule has 1 N–H and O–H groups in total. The average molecular weight is 375 g/mol. The third-order valence-electron chi connectivity index (χ3n) is 3.30. The van der Waals surface area contributed by atoms with E-state index in [2.05, 4.69) is 15.5 Å². The van der Waals surface area contributed by atoms with Crippen LogP contribution >= 0.6 is 24.0 Å². The molecule has 0 radical (unpaired) electrons. The molecule has 9 heteroatoms. The monoisotopic (exact) mass is 374 g/mol. The van der Waals surface area contributed by atoms with Crippen LogP contribution in [0.4, 0.5) is 0 Å². The SMILES string of the molecule is CNCCn1c(C)nnc1COc1ccc(Cl)cc1C(=O)OC.Cl. The lowest BCUT2D eigenvalue weighted by Gasteiger charge is -2.12. The molecule has 2 aromatic rings. The molecule has 0 aliphatic heterocycles. The van der Waals surface area contributed by atoms with Crippen molar-refractivity contribution in [2.24, 2.45) is 0 Å². The summed E-state index contributed by atoms with van der Waals surface area (Å²) in [5, 5.41) is 11.7. The zero-order chi connectivity index (χ0) is 16.8. The molecule has 1 aromatic carbocycles. The molecule has 7 nitrogen and oxygen atoms in total. The van der Waals surface area contributed by atoms with Gasteiger partial charge in [0.25, 0.3) is 0 Å². The van der Waals surface area contributed by atoms with Crippen molar-refractivity contribution in [1.82, 2.24) is 20.1 Å². The van der Waals surface area contributed by atoms with Crippen molar-refractivity contribution in [1.29, 1.82) is 0 Å². The highest BCUT2D eigenvalue weighted by molar-refractivity contribution is 6.31. The van der Waals surface area contributed by atoms with Gasteiger partial charge >= 0.3 is 5.97 Å². The molecule has 2 rings (SSSR count). The van der Waals surface area contributed by atoms with Crippen molar-refractivity contribution in [3.63, 3.8) is 0 Å². The Kier molecular flexibility index (Phi) is 7.97. The Labute approximate surface area is 151 Å². The average Bonchev–Trinajstić information content (AvgIpc) is 2.91. The van der Waals surface area contributed by atoms with Crippen molar-refractivity contribution in [2.75, 3.05) is 20.7 Å². The maximum Gasteiger partial charge on any atom is 0.341 e. The molecule has 1 aromatic heterocycles. The predicted molar refractivity (Wildman–Crippen MR) is 93.1 cm³/mol. The van der Waals surface area contributed by atoms with Crippen LogP contribution in [0.5, 0.6) is 5.75 Å². The van der Waals surface area contributed by atoms with Crippen LogP contribution in [-0.4, -0.2) is 41.4 Å². The molecule has 0 saturated heterocycles. The Balaban J connectivity index is 0.00000288. The van der Waals surface area contributed by atoms with Crippen molar-refractivity contribution >= 4 is 30.0 Å². The van der Waals surface area contributed by atoms with Gasteiger partial charge in [0.2, 0.25) is 0 Å². The summed E-state index contributed by atoms with van der Waals surface area (Å²) in [5.74, 6) is 1.38. The largest absolute Gasteiger partial charge is 0.485 e. The number of rotatable bonds is 7. The van der Waals surface area contributed by atoms with Crippen LogP contribution in [0.25, 0.3) is 0 Å². The van der Waals surface area contributed by atoms with Crippen molar-refractivity contribution < 1.29 is 14.3 Å². The second kappa shape index (κ2) is 9.46. The Morgan fingerprint density at radius 1 is 1.38 bits per heavy atom. The maximum atomic E-state index is 11.8. The van der Waals surface area contributed by atoms with Gasteiger partial charge in [0, 0.05) is 18.1 Å². The number of hydrogen-bond acceptors (Lipinski definition) is 6. The first-order chi connectivity index (χ1) is 11.1. The number of benzene rings is 1. The van der Waals surface area contributed by atoms with Crippen molar-refractivity contribution in [3.8, 4) is 5.75 Å². The first-order valence-electron chi connectivity index (χ1n) is 7.10. The summed E-state index contributed by atoms with van der Waals surface area (Å²) in [6.45, 7) is 3.60. The number of ether oxygens (including phenoxy) is 2. The van der Waals surface area contributed by atoms with E-state index in [1.54, 1.807) is 12.1 Å². The number of carbonyl (C=O) groups is 1. The lowest BCUT2D eigenvalue weighted by Crippen LogP contribution is -2.18. The number of carbonyl (C=O) groups excluding carboxylic acids is 1. The van der Waals surface area contributed by atoms with E-state index in [-0.39, 0.29) is 24.6 Å².